The van der Waals surface area contributed by atoms with Crippen LogP contribution in [0.3, 0.4) is 0 Å². The molecule has 1 heterocycles. The molecule has 1 aromatic carbocycles. The molecule has 14 heteroatoms. The number of rotatable bonds is 12. The highest BCUT2D eigenvalue weighted by Gasteiger charge is 2.37. The summed E-state index contributed by atoms with van der Waals surface area (Å²) in [5.74, 6) is -0.508. The van der Waals surface area contributed by atoms with Gasteiger partial charge in [0, 0.05) is 13.1 Å². The van der Waals surface area contributed by atoms with Crippen molar-refractivity contribution in [2.45, 2.75) is 57.2 Å². The zero-order valence-corrected chi connectivity index (χ0v) is 21.0. The number of likely N-dealkylation sites (tertiary alicyclic amines) is 1. The molecule has 0 unspecified atom stereocenters. The topological polar surface area (TPSA) is 215 Å². The maximum Gasteiger partial charge on any atom is 0.394 e. The van der Waals surface area contributed by atoms with Crippen LogP contribution in [0.15, 0.2) is 30.3 Å². The van der Waals surface area contributed by atoms with Gasteiger partial charge < -0.3 is 31.4 Å². The van der Waals surface area contributed by atoms with Crippen LogP contribution in [0, 0.1) is 5.41 Å². The second-order valence-corrected chi connectivity index (χ2v) is 9.07. The smallest absolute Gasteiger partial charge is 0.370 e. The van der Waals surface area contributed by atoms with E-state index in [0.29, 0.717) is 51.6 Å². The lowest BCUT2D eigenvalue weighted by Crippen LogP contribution is -2.54. The predicted octanol–water partition coefficient (Wildman–Crippen LogP) is -0.508. The van der Waals surface area contributed by atoms with Crippen LogP contribution in [0.25, 0.3) is 0 Å². The number of guanidine groups is 1. The monoisotopic (exact) mass is 528 g/mol. The van der Waals surface area contributed by atoms with E-state index < -0.39 is 28.5 Å². The fourth-order valence-corrected chi connectivity index (χ4v) is 3.84. The first-order valence-electron chi connectivity index (χ1n) is 11.6. The van der Waals surface area contributed by atoms with Gasteiger partial charge >= 0.3 is 10.4 Å². The third-order valence-corrected chi connectivity index (χ3v) is 5.37. The number of amides is 2. The highest BCUT2D eigenvalue weighted by Crippen LogP contribution is 2.20. The van der Waals surface area contributed by atoms with E-state index in [9.17, 15) is 14.4 Å². The minimum absolute atomic E-state index is 0.0864. The van der Waals surface area contributed by atoms with Crippen molar-refractivity contribution in [3.05, 3.63) is 35.9 Å². The third-order valence-electron chi connectivity index (χ3n) is 5.37. The lowest BCUT2D eigenvalue weighted by molar-refractivity contribution is -0.140. The minimum atomic E-state index is -4.67. The summed E-state index contributed by atoms with van der Waals surface area (Å²) < 4.78 is 31.6. The van der Waals surface area contributed by atoms with Gasteiger partial charge in [-0.3, -0.25) is 24.1 Å². The van der Waals surface area contributed by atoms with E-state index in [1.807, 2.05) is 37.3 Å². The molecule has 0 radical (unpaired) electrons. The fourth-order valence-electron chi connectivity index (χ4n) is 3.84. The predicted molar refractivity (Wildman–Crippen MR) is 134 cm³/mol. The zero-order chi connectivity index (χ0) is 27.1. The van der Waals surface area contributed by atoms with Crippen LogP contribution in [-0.4, -0.2) is 84.2 Å². The van der Waals surface area contributed by atoms with Crippen LogP contribution in [-0.2, 0) is 31.2 Å². The molecule has 0 bridgehead atoms. The van der Waals surface area contributed by atoms with Gasteiger partial charge in [-0.05, 0) is 44.2 Å². The number of nitrogens with zero attached hydrogens (tertiary/aromatic N) is 1. The molecule has 202 valence electrons. The standard InChI is InChI=1S/C22H34N6O3.H2O4S/c1-2-25-18(14-16-8-4-3-5-9-16)21(31)28-13-7-11-19(28)20(30)27-17(15-29)10-6-12-26-22(23)24;1-5(2,3)4/h3-5,8-9,15,17-19,25H,2,6-7,10-14H2,1H3,(H,27,30)(H4,23,24,26);(H2,1,2,3,4)/t17-,18+,19-;/m0./s1. The number of nitrogens with two attached hydrogens (primary N) is 1. The molecule has 0 saturated carbocycles. The summed E-state index contributed by atoms with van der Waals surface area (Å²) in [5.41, 5.74) is 6.29. The average Bonchev–Trinajstić information content (AvgIpc) is 3.30. The molecule has 0 aromatic heterocycles. The summed E-state index contributed by atoms with van der Waals surface area (Å²) in [4.78, 5) is 39.2. The summed E-state index contributed by atoms with van der Waals surface area (Å²) in [6.45, 7) is 3.58. The molecule has 3 atom stereocenters. The van der Waals surface area contributed by atoms with E-state index in [1.54, 1.807) is 4.90 Å². The molecule has 1 aliphatic rings. The van der Waals surface area contributed by atoms with Crippen molar-refractivity contribution in [3.8, 4) is 0 Å². The quantitative estimate of drug-likeness (QED) is 0.0606. The molecular weight excluding hydrogens is 492 g/mol. The highest BCUT2D eigenvalue weighted by molar-refractivity contribution is 7.79. The summed E-state index contributed by atoms with van der Waals surface area (Å²) in [6, 6.07) is 8.20. The Labute approximate surface area is 211 Å². The van der Waals surface area contributed by atoms with E-state index in [0.717, 1.165) is 12.0 Å². The van der Waals surface area contributed by atoms with Gasteiger partial charge in [0.1, 0.15) is 12.3 Å². The van der Waals surface area contributed by atoms with Crippen LogP contribution in [0.4, 0.5) is 0 Å². The van der Waals surface area contributed by atoms with Gasteiger partial charge in [-0.25, -0.2) is 0 Å². The maximum absolute atomic E-state index is 13.3. The first-order chi connectivity index (χ1) is 17.0. The van der Waals surface area contributed by atoms with Gasteiger partial charge in [-0.2, -0.15) is 8.42 Å². The van der Waals surface area contributed by atoms with Crippen LogP contribution < -0.4 is 21.7 Å². The summed E-state index contributed by atoms with van der Waals surface area (Å²) in [7, 11) is -4.67. The number of aldehydes is 1. The molecule has 36 heavy (non-hydrogen) atoms. The lowest BCUT2D eigenvalue weighted by Gasteiger charge is -2.29. The number of hydrogen-bond acceptors (Lipinski definition) is 7. The Hall–Kier alpha value is -3.07. The Bertz CT molecular complexity index is 953. The van der Waals surface area contributed by atoms with Crippen LogP contribution in [0.2, 0.25) is 0 Å². The molecule has 1 aromatic rings. The van der Waals surface area contributed by atoms with Crippen molar-refractivity contribution in [1.82, 2.24) is 20.9 Å². The molecule has 1 saturated heterocycles. The number of nitrogens with one attached hydrogen (secondary N) is 4. The van der Waals surface area contributed by atoms with Gasteiger partial charge in [0.2, 0.25) is 11.8 Å². The molecule has 2 rings (SSSR count). The van der Waals surface area contributed by atoms with Gasteiger partial charge in [0.05, 0.1) is 12.1 Å². The molecule has 2 amide bonds. The zero-order valence-electron chi connectivity index (χ0n) is 20.2. The van der Waals surface area contributed by atoms with Gasteiger partial charge in [-0.15, -0.1) is 0 Å². The maximum atomic E-state index is 13.3. The Balaban J connectivity index is 0.00000118. The summed E-state index contributed by atoms with van der Waals surface area (Å²) >= 11 is 0. The van der Waals surface area contributed by atoms with Crippen molar-refractivity contribution in [3.63, 3.8) is 0 Å². The number of carbonyl (C=O) groups is 3. The second-order valence-electron chi connectivity index (χ2n) is 8.17. The Kier molecular flexibility index (Phi) is 13.6. The number of hydrogen-bond donors (Lipinski definition) is 7. The minimum Gasteiger partial charge on any atom is -0.370 e. The fraction of sp³-hybridized carbons (Fsp3) is 0.545. The SMILES string of the molecule is CCN[C@H](Cc1ccccc1)C(=O)N1CCC[C@H]1C(=O)N[C@H](C=O)CCCNC(=N)N.O=S(=O)(O)O. The van der Waals surface area contributed by atoms with Crippen LogP contribution >= 0.6 is 0 Å². The van der Waals surface area contributed by atoms with Crippen molar-refractivity contribution in [2.24, 2.45) is 5.73 Å². The van der Waals surface area contributed by atoms with Crippen molar-refractivity contribution < 1.29 is 31.9 Å². The molecular formula is C22H36N6O7S. The second kappa shape index (κ2) is 15.8. The first-order valence-corrected chi connectivity index (χ1v) is 13.0. The molecule has 1 fully saturated rings. The normalized spacial score (nSPS) is 16.8. The van der Waals surface area contributed by atoms with E-state index in [2.05, 4.69) is 16.0 Å². The lowest BCUT2D eigenvalue weighted by atomic mass is 10.0. The Morgan fingerprint density at radius 2 is 1.92 bits per heavy atom. The summed E-state index contributed by atoms with van der Waals surface area (Å²) in [6.07, 6.45) is 3.62. The van der Waals surface area contributed by atoms with E-state index in [4.69, 9.17) is 28.7 Å². The van der Waals surface area contributed by atoms with Gasteiger partial charge in [0.25, 0.3) is 0 Å². The van der Waals surface area contributed by atoms with Gasteiger partial charge in [0.15, 0.2) is 5.96 Å². The molecule has 8 N–H and O–H groups in total. The Morgan fingerprint density at radius 3 is 2.47 bits per heavy atom. The molecule has 0 spiro atoms. The molecule has 0 aliphatic carbocycles. The Morgan fingerprint density at radius 1 is 1.28 bits per heavy atom. The summed E-state index contributed by atoms with van der Waals surface area (Å²) in [5, 5.41) is 15.8. The largest absolute Gasteiger partial charge is 0.394 e. The number of likely N-dealkylation sites (N-methyl/N-ethyl adjacent to an activating group) is 1. The highest BCUT2D eigenvalue weighted by atomic mass is 32.3. The molecule has 13 nitrogen and oxygen atoms in total. The average molecular weight is 529 g/mol. The van der Waals surface area contributed by atoms with Crippen LogP contribution in [0.5, 0.6) is 0 Å². The van der Waals surface area contributed by atoms with E-state index in [-0.39, 0.29) is 17.8 Å². The van der Waals surface area contributed by atoms with Crippen molar-refractivity contribution in [2.75, 3.05) is 19.6 Å². The first kappa shape index (κ1) is 31.0. The van der Waals surface area contributed by atoms with Crippen LogP contribution in [0.1, 0.15) is 38.2 Å². The van der Waals surface area contributed by atoms with Crippen molar-refractivity contribution in [1.29, 1.82) is 5.41 Å². The van der Waals surface area contributed by atoms with E-state index in [1.165, 1.54) is 0 Å². The van der Waals surface area contributed by atoms with E-state index >= 15 is 0 Å². The van der Waals surface area contributed by atoms with Gasteiger partial charge in [-0.1, -0.05) is 37.3 Å². The third kappa shape index (κ3) is 12.6. The molecule has 1 aliphatic heterocycles. The number of carbonyl (C=O) groups excluding carboxylic acids is 3. The number of benzene rings is 1. The van der Waals surface area contributed by atoms with Crippen molar-refractivity contribution >= 4 is 34.5 Å².